The fraction of sp³-hybridized carbons (Fsp3) is 0.556. The number of nitrogens with one attached hydrogen (secondary N) is 1. The molecular weight excluding hydrogens is 290 g/mol. The minimum Gasteiger partial charge on any atom is -0.368 e. The molecule has 3 rings (SSSR count). The number of rotatable bonds is 5. The van der Waals surface area contributed by atoms with Gasteiger partial charge in [0.2, 0.25) is 11.8 Å². The van der Waals surface area contributed by atoms with Gasteiger partial charge in [-0.05, 0) is 30.7 Å². The van der Waals surface area contributed by atoms with Crippen LogP contribution in [0.3, 0.4) is 0 Å². The van der Waals surface area contributed by atoms with E-state index in [0.29, 0.717) is 11.8 Å². The van der Waals surface area contributed by atoms with Crippen LogP contribution in [-0.4, -0.2) is 35.8 Å². The SMILES string of the molecule is C[C@@H]1CN(C(=O)C2CC2)CC[C@H]1N[C@H](C(N)=O)c1ccccc1. The highest BCUT2D eigenvalue weighted by Gasteiger charge is 2.37. The number of hydrogen-bond donors (Lipinski definition) is 2. The molecule has 0 bridgehead atoms. The number of benzene rings is 1. The molecule has 0 aromatic heterocycles. The van der Waals surface area contributed by atoms with E-state index in [9.17, 15) is 9.59 Å². The van der Waals surface area contributed by atoms with Crippen LogP contribution in [-0.2, 0) is 9.59 Å². The van der Waals surface area contributed by atoms with Crippen LogP contribution in [0.1, 0.15) is 37.8 Å². The van der Waals surface area contributed by atoms with Crippen molar-refractivity contribution in [3.63, 3.8) is 0 Å². The van der Waals surface area contributed by atoms with Gasteiger partial charge in [0.15, 0.2) is 0 Å². The first-order chi connectivity index (χ1) is 11.1. The lowest BCUT2D eigenvalue weighted by Gasteiger charge is -2.39. The van der Waals surface area contributed by atoms with Crippen LogP contribution in [0, 0.1) is 11.8 Å². The van der Waals surface area contributed by atoms with Gasteiger partial charge in [-0.2, -0.15) is 0 Å². The largest absolute Gasteiger partial charge is 0.368 e. The van der Waals surface area contributed by atoms with Gasteiger partial charge in [0.25, 0.3) is 0 Å². The topological polar surface area (TPSA) is 75.4 Å². The molecule has 1 aromatic rings. The number of nitrogens with zero attached hydrogens (tertiary/aromatic N) is 1. The molecule has 5 nitrogen and oxygen atoms in total. The van der Waals surface area contributed by atoms with Crippen molar-refractivity contribution in [2.24, 2.45) is 17.6 Å². The summed E-state index contributed by atoms with van der Waals surface area (Å²) in [5, 5.41) is 3.41. The number of carbonyl (C=O) groups excluding carboxylic acids is 2. The molecule has 3 N–H and O–H groups in total. The predicted molar refractivity (Wildman–Crippen MR) is 88.4 cm³/mol. The van der Waals surface area contributed by atoms with E-state index in [4.69, 9.17) is 5.73 Å². The van der Waals surface area contributed by atoms with Gasteiger partial charge in [0.05, 0.1) is 0 Å². The molecule has 0 spiro atoms. The Hall–Kier alpha value is -1.88. The van der Waals surface area contributed by atoms with E-state index in [1.165, 1.54) is 0 Å². The number of likely N-dealkylation sites (tertiary alicyclic amines) is 1. The van der Waals surface area contributed by atoms with Crippen LogP contribution in [0.4, 0.5) is 0 Å². The molecule has 1 saturated carbocycles. The maximum absolute atomic E-state index is 12.2. The van der Waals surface area contributed by atoms with Crippen molar-refractivity contribution in [2.45, 2.75) is 38.3 Å². The second kappa shape index (κ2) is 6.71. The van der Waals surface area contributed by atoms with Crippen LogP contribution < -0.4 is 11.1 Å². The molecule has 2 amide bonds. The van der Waals surface area contributed by atoms with E-state index in [2.05, 4.69) is 12.2 Å². The Morgan fingerprint density at radius 3 is 2.48 bits per heavy atom. The Labute approximate surface area is 137 Å². The summed E-state index contributed by atoms with van der Waals surface area (Å²) in [7, 11) is 0. The number of carbonyl (C=O) groups is 2. The van der Waals surface area contributed by atoms with Crippen molar-refractivity contribution in [3.8, 4) is 0 Å². The molecule has 1 saturated heterocycles. The van der Waals surface area contributed by atoms with Crippen LogP contribution in [0.25, 0.3) is 0 Å². The number of piperidine rings is 1. The van der Waals surface area contributed by atoms with Crippen LogP contribution in [0.15, 0.2) is 30.3 Å². The summed E-state index contributed by atoms with van der Waals surface area (Å²) >= 11 is 0. The summed E-state index contributed by atoms with van der Waals surface area (Å²) in [6, 6.07) is 9.29. The van der Waals surface area contributed by atoms with E-state index < -0.39 is 6.04 Å². The van der Waals surface area contributed by atoms with Gasteiger partial charge in [0.1, 0.15) is 6.04 Å². The third kappa shape index (κ3) is 3.72. The first-order valence-electron chi connectivity index (χ1n) is 8.45. The van der Waals surface area contributed by atoms with Gasteiger partial charge in [0, 0.05) is 25.0 Å². The molecule has 1 aliphatic carbocycles. The second-order valence-electron chi connectivity index (χ2n) is 6.84. The summed E-state index contributed by atoms with van der Waals surface area (Å²) in [4.78, 5) is 26.0. The average molecular weight is 315 g/mol. The third-order valence-electron chi connectivity index (χ3n) is 4.94. The Kier molecular flexibility index (Phi) is 4.66. The number of primary amides is 1. The maximum atomic E-state index is 12.2. The van der Waals surface area contributed by atoms with Crippen molar-refractivity contribution in [1.82, 2.24) is 10.2 Å². The molecule has 0 radical (unpaired) electrons. The van der Waals surface area contributed by atoms with E-state index in [1.54, 1.807) is 0 Å². The molecule has 3 atom stereocenters. The highest BCUT2D eigenvalue weighted by molar-refractivity contribution is 5.82. The van der Waals surface area contributed by atoms with Crippen LogP contribution in [0.5, 0.6) is 0 Å². The summed E-state index contributed by atoms with van der Waals surface area (Å²) in [5.41, 5.74) is 6.48. The Morgan fingerprint density at radius 1 is 1.22 bits per heavy atom. The molecule has 0 unspecified atom stereocenters. The standard InChI is InChI=1S/C18H25N3O2/c1-12-11-21(18(23)14-7-8-14)10-9-15(12)20-16(17(19)22)13-5-3-2-4-6-13/h2-6,12,14-16,20H,7-11H2,1H3,(H2,19,22)/t12-,15-,16+/m1/s1. The first kappa shape index (κ1) is 16.0. The molecule has 5 heteroatoms. The molecule has 2 fully saturated rings. The number of nitrogens with two attached hydrogens (primary N) is 1. The van der Waals surface area contributed by atoms with Gasteiger partial charge >= 0.3 is 0 Å². The van der Waals surface area contributed by atoms with Crippen molar-refractivity contribution in [2.75, 3.05) is 13.1 Å². The molecule has 2 aliphatic rings. The van der Waals surface area contributed by atoms with Gasteiger partial charge in [-0.25, -0.2) is 0 Å². The molecular formula is C18H25N3O2. The Balaban J connectivity index is 1.63. The zero-order valence-electron chi connectivity index (χ0n) is 13.6. The lowest BCUT2D eigenvalue weighted by molar-refractivity contribution is -0.135. The van der Waals surface area contributed by atoms with E-state index in [-0.39, 0.29) is 17.9 Å². The van der Waals surface area contributed by atoms with Crippen molar-refractivity contribution >= 4 is 11.8 Å². The minimum absolute atomic E-state index is 0.191. The van der Waals surface area contributed by atoms with Crippen molar-refractivity contribution in [3.05, 3.63) is 35.9 Å². The maximum Gasteiger partial charge on any atom is 0.239 e. The van der Waals surface area contributed by atoms with E-state index in [1.807, 2.05) is 35.2 Å². The Morgan fingerprint density at radius 2 is 1.91 bits per heavy atom. The van der Waals surface area contributed by atoms with Gasteiger partial charge < -0.3 is 10.6 Å². The lowest BCUT2D eigenvalue weighted by Crippen LogP contribution is -2.52. The molecule has 23 heavy (non-hydrogen) atoms. The van der Waals surface area contributed by atoms with Crippen molar-refractivity contribution in [1.29, 1.82) is 0 Å². The fourth-order valence-corrected chi connectivity index (χ4v) is 3.38. The highest BCUT2D eigenvalue weighted by atomic mass is 16.2. The lowest BCUT2D eigenvalue weighted by atomic mass is 9.91. The molecule has 1 aliphatic heterocycles. The monoisotopic (exact) mass is 315 g/mol. The fourth-order valence-electron chi connectivity index (χ4n) is 3.38. The zero-order valence-corrected chi connectivity index (χ0v) is 13.6. The first-order valence-corrected chi connectivity index (χ1v) is 8.45. The molecule has 1 heterocycles. The van der Waals surface area contributed by atoms with Crippen LogP contribution in [0.2, 0.25) is 0 Å². The van der Waals surface area contributed by atoms with Gasteiger partial charge in [-0.1, -0.05) is 37.3 Å². The number of amides is 2. The summed E-state index contributed by atoms with van der Waals surface area (Å²) in [5.74, 6) is 0.524. The molecule has 1 aromatic carbocycles. The zero-order chi connectivity index (χ0) is 16.4. The summed E-state index contributed by atoms with van der Waals surface area (Å²) in [6.07, 6.45) is 2.95. The summed E-state index contributed by atoms with van der Waals surface area (Å²) in [6.45, 7) is 3.65. The van der Waals surface area contributed by atoms with E-state index >= 15 is 0 Å². The predicted octanol–water partition coefficient (Wildman–Crippen LogP) is 1.45. The highest BCUT2D eigenvalue weighted by Crippen LogP contribution is 2.32. The van der Waals surface area contributed by atoms with Gasteiger partial charge in [-0.15, -0.1) is 0 Å². The summed E-state index contributed by atoms with van der Waals surface area (Å²) < 4.78 is 0. The average Bonchev–Trinajstić information content (AvgIpc) is 3.38. The third-order valence-corrected chi connectivity index (χ3v) is 4.94. The van der Waals surface area contributed by atoms with E-state index in [0.717, 1.165) is 37.9 Å². The van der Waals surface area contributed by atoms with Gasteiger partial charge in [-0.3, -0.25) is 14.9 Å². The number of hydrogen-bond acceptors (Lipinski definition) is 3. The normalized spacial score (nSPS) is 25.9. The second-order valence-corrected chi connectivity index (χ2v) is 6.84. The van der Waals surface area contributed by atoms with Crippen molar-refractivity contribution < 1.29 is 9.59 Å². The quantitative estimate of drug-likeness (QED) is 0.863. The minimum atomic E-state index is -0.477. The molecule has 124 valence electrons. The van der Waals surface area contributed by atoms with Crippen LogP contribution >= 0.6 is 0 Å². The smallest absolute Gasteiger partial charge is 0.239 e. The Bertz CT molecular complexity index is 571.